The lowest BCUT2D eigenvalue weighted by Gasteiger charge is -2.39. The lowest BCUT2D eigenvalue weighted by Crippen LogP contribution is -2.29. The van der Waals surface area contributed by atoms with Crippen molar-refractivity contribution in [3.63, 3.8) is 0 Å². The molecule has 170 valence electrons. The van der Waals surface area contributed by atoms with Crippen LogP contribution in [0.4, 0.5) is 5.69 Å². The Balaban J connectivity index is 1.49. The van der Waals surface area contributed by atoms with Crippen molar-refractivity contribution in [2.24, 2.45) is 5.92 Å². The fourth-order valence-electron chi connectivity index (χ4n) is 5.07. The highest BCUT2D eigenvalue weighted by Gasteiger charge is 2.39. The number of hydrogen-bond donors (Lipinski definition) is 1. The van der Waals surface area contributed by atoms with Crippen LogP contribution in [-0.4, -0.2) is 7.11 Å². The van der Waals surface area contributed by atoms with Gasteiger partial charge in [0.25, 0.3) is 0 Å². The zero-order valence-corrected chi connectivity index (χ0v) is 21.3. The molecular formula is C28H27BrClNO2. The number of methoxy groups -OCH3 is 1. The number of halogens is 2. The van der Waals surface area contributed by atoms with Gasteiger partial charge in [-0.05, 0) is 82.6 Å². The first-order valence-electron chi connectivity index (χ1n) is 11.2. The average molecular weight is 525 g/mol. The predicted octanol–water partition coefficient (Wildman–Crippen LogP) is 8.13. The molecule has 33 heavy (non-hydrogen) atoms. The van der Waals surface area contributed by atoms with Crippen LogP contribution < -0.4 is 14.8 Å². The summed E-state index contributed by atoms with van der Waals surface area (Å²) in [7, 11) is 1.69. The highest BCUT2D eigenvalue weighted by molar-refractivity contribution is 9.10. The molecule has 0 saturated heterocycles. The summed E-state index contributed by atoms with van der Waals surface area (Å²) >= 11 is 10.1. The zero-order valence-electron chi connectivity index (χ0n) is 19.0. The van der Waals surface area contributed by atoms with Gasteiger partial charge in [0, 0.05) is 22.2 Å². The second kappa shape index (κ2) is 9.08. The van der Waals surface area contributed by atoms with Crippen LogP contribution in [0.5, 0.6) is 11.5 Å². The Bertz CT molecular complexity index is 1240. The standard InChI is InChI=1S/C28H27BrClNO2/c1-16-11-12-22-20-8-6-9-21(20)27(31-26(22)17(16)2)19-13-23(29)28(25(14-19)32-3)33-15-18-7-4-5-10-24(18)30/h4-8,10-14,20-21,27,31H,9,15H2,1-3H3/t20-,21+,27+/m1/s1. The van der Waals surface area contributed by atoms with Gasteiger partial charge < -0.3 is 14.8 Å². The van der Waals surface area contributed by atoms with Gasteiger partial charge in [-0.15, -0.1) is 0 Å². The maximum absolute atomic E-state index is 6.31. The molecule has 0 fully saturated rings. The number of rotatable bonds is 5. The third kappa shape index (κ3) is 4.04. The van der Waals surface area contributed by atoms with Crippen molar-refractivity contribution >= 4 is 33.2 Å². The van der Waals surface area contributed by atoms with Gasteiger partial charge >= 0.3 is 0 Å². The van der Waals surface area contributed by atoms with Crippen LogP contribution in [0.25, 0.3) is 0 Å². The molecule has 0 radical (unpaired) electrons. The summed E-state index contributed by atoms with van der Waals surface area (Å²) in [5.41, 5.74) is 7.42. The Morgan fingerprint density at radius 1 is 1.12 bits per heavy atom. The van der Waals surface area contributed by atoms with Crippen LogP contribution in [0.1, 0.15) is 46.2 Å². The molecule has 2 aliphatic rings. The first kappa shape index (κ1) is 22.4. The fraction of sp³-hybridized carbons (Fsp3) is 0.286. The first-order valence-corrected chi connectivity index (χ1v) is 12.4. The van der Waals surface area contributed by atoms with E-state index in [1.165, 1.54) is 27.9 Å². The number of ether oxygens (including phenoxy) is 2. The first-order chi connectivity index (χ1) is 16.0. The van der Waals surface area contributed by atoms with Gasteiger partial charge in [0.1, 0.15) is 6.61 Å². The molecule has 0 spiro atoms. The van der Waals surface area contributed by atoms with E-state index in [1.807, 2.05) is 24.3 Å². The molecule has 5 heteroatoms. The second-order valence-electron chi connectivity index (χ2n) is 8.86. The Morgan fingerprint density at radius 3 is 2.73 bits per heavy atom. The van der Waals surface area contributed by atoms with Crippen LogP contribution in [0, 0.1) is 19.8 Å². The molecule has 1 heterocycles. The molecule has 3 aromatic carbocycles. The molecular weight excluding hydrogens is 498 g/mol. The quantitative estimate of drug-likeness (QED) is 0.342. The van der Waals surface area contributed by atoms with Crippen molar-refractivity contribution in [3.8, 4) is 11.5 Å². The minimum atomic E-state index is 0.181. The van der Waals surface area contributed by atoms with Gasteiger partial charge in [0.15, 0.2) is 11.5 Å². The van der Waals surface area contributed by atoms with E-state index in [1.54, 1.807) is 7.11 Å². The van der Waals surface area contributed by atoms with Gasteiger partial charge in [-0.2, -0.15) is 0 Å². The third-order valence-corrected chi connectivity index (χ3v) is 7.97. The molecule has 0 saturated carbocycles. The Kier molecular flexibility index (Phi) is 6.15. The highest BCUT2D eigenvalue weighted by Crippen LogP contribution is 2.52. The molecule has 0 bridgehead atoms. The van der Waals surface area contributed by atoms with E-state index in [2.05, 4.69) is 71.5 Å². The number of aryl methyl sites for hydroxylation is 1. The smallest absolute Gasteiger partial charge is 0.175 e. The molecule has 1 aliphatic carbocycles. The van der Waals surface area contributed by atoms with Crippen molar-refractivity contribution in [1.82, 2.24) is 0 Å². The van der Waals surface area contributed by atoms with Gasteiger partial charge in [0.2, 0.25) is 0 Å². The highest BCUT2D eigenvalue weighted by atomic mass is 79.9. The Hall–Kier alpha value is -2.43. The SMILES string of the molecule is COc1cc([C@@H]2Nc3c(ccc(C)c3C)[C@@H]3C=CC[C@@H]32)cc(Br)c1OCc1ccccc1Cl. The fourth-order valence-corrected chi connectivity index (χ4v) is 5.84. The normalized spacial score (nSPS) is 20.7. The number of benzene rings is 3. The van der Waals surface area contributed by atoms with Gasteiger partial charge in [-0.3, -0.25) is 0 Å². The zero-order chi connectivity index (χ0) is 23.1. The lowest BCUT2D eigenvalue weighted by atomic mass is 9.76. The molecule has 5 rings (SSSR count). The summed E-state index contributed by atoms with van der Waals surface area (Å²) in [5.74, 6) is 2.28. The number of fused-ring (bicyclic) bond motifs is 3. The van der Waals surface area contributed by atoms with Crippen molar-refractivity contribution in [2.45, 2.75) is 38.8 Å². The number of nitrogens with one attached hydrogen (secondary N) is 1. The molecule has 0 unspecified atom stereocenters. The molecule has 3 atom stereocenters. The summed E-state index contributed by atoms with van der Waals surface area (Å²) in [5, 5.41) is 4.58. The maximum Gasteiger partial charge on any atom is 0.175 e. The lowest BCUT2D eigenvalue weighted by molar-refractivity contribution is 0.282. The predicted molar refractivity (Wildman–Crippen MR) is 139 cm³/mol. The van der Waals surface area contributed by atoms with E-state index in [-0.39, 0.29) is 6.04 Å². The van der Waals surface area contributed by atoms with Crippen molar-refractivity contribution in [2.75, 3.05) is 12.4 Å². The van der Waals surface area contributed by atoms with E-state index in [4.69, 9.17) is 21.1 Å². The topological polar surface area (TPSA) is 30.5 Å². The summed E-state index contributed by atoms with van der Waals surface area (Å²) in [6.07, 6.45) is 5.75. The van der Waals surface area contributed by atoms with E-state index in [0.29, 0.717) is 35.0 Å². The monoisotopic (exact) mass is 523 g/mol. The summed E-state index contributed by atoms with van der Waals surface area (Å²) in [6.45, 7) is 4.75. The van der Waals surface area contributed by atoms with Crippen molar-refractivity contribution in [3.05, 3.63) is 98.0 Å². The van der Waals surface area contributed by atoms with Crippen LogP contribution in [-0.2, 0) is 6.61 Å². The molecule has 1 N–H and O–H groups in total. The van der Waals surface area contributed by atoms with E-state index in [9.17, 15) is 0 Å². The van der Waals surface area contributed by atoms with Crippen LogP contribution in [0.2, 0.25) is 5.02 Å². The Morgan fingerprint density at radius 2 is 1.94 bits per heavy atom. The third-order valence-electron chi connectivity index (χ3n) is 7.01. The number of hydrogen-bond acceptors (Lipinski definition) is 3. The summed E-state index contributed by atoms with van der Waals surface area (Å²) in [6, 6.07) is 16.7. The average Bonchev–Trinajstić information content (AvgIpc) is 3.31. The van der Waals surface area contributed by atoms with E-state index >= 15 is 0 Å². The molecule has 0 aromatic heterocycles. The molecule has 0 amide bonds. The molecule has 1 aliphatic heterocycles. The van der Waals surface area contributed by atoms with Crippen molar-refractivity contribution < 1.29 is 9.47 Å². The van der Waals surface area contributed by atoms with Gasteiger partial charge in [-0.25, -0.2) is 0 Å². The summed E-state index contributed by atoms with van der Waals surface area (Å²) < 4.78 is 12.8. The van der Waals surface area contributed by atoms with Crippen LogP contribution in [0.15, 0.2) is 65.2 Å². The second-order valence-corrected chi connectivity index (χ2v) is 10.1. The minimum Gasteiger partial charge on any atom is -0.493 e. The maximum atomic E-state index is 6.31. The Labute approximate surface area is 208 Å². The van der Waals surface area contributed by atoms with Crippen LogP contribution in [0.3, 0.4) is 0 Å². The van der Waals surface area contributed by atoms with E-state index < -0.39 is 0 Å². The largest absolute Gasteiger partial charge is 0.493 e. The van der Waals surface area contributed by atoms with Gasteiger partial charge in [0.05, 0.1) is 17.6 Å². The summed E-state index contributed by atoms with van der Waals surface area (Å²) in [4.78, 5) is 0. The van der Waals surface area contributed by atoms with Crippen LogP contribution >= 0.6 is 27.5 Å². The number of allylic oxidation sites excluding steroid dienone is 2. The van der Waals surface area contributed by atoms with E-state index in [0.717, 1.165) is 16.5 Å². The number of anilines is 1. The molecule has 3 nitrogen and oxygen atoms in total. The van der Waals surface area contributed by atoms with Gasteiger partial charge in [-0.1, -0.05) is 54.1 Å². The van der Waals surface area contributed by atoms with Crippen molar-refractivity contribution in [1.29, 1.82) is 0 Å². The minimum absolute atomic E-state index is 0.181. The molecule has 3 aromatic rings.